The minimum absolute atomic E-state index is 0.256. The Kier molecular flexibility index (Phi) is 3.52. The van der Waals surface area contributed by atoms with Gasteiger partial charge in [0.25, 0.3) is 0 Å². The molecule has 1 N–H and O–H groups in total. The monoisotopic (exact) mass is 311 g/mol. The fourth-order valence-electron chi connectivity index (χ4n) is 1.84. The van der Waals surface area contributed by atoms with Gasteiger partial charge < -0.3 is 9.67 Å². The van der Waals surface area contributed by atoms with Crippen LogP contribution in [0.4, 0.5) is 4.39 Å². The highest BCUT2D eigenvalue weighted by molar-refractivity contribution is 9.10. The van der Waals surface area contributed by atoms with Crippen LogP contribution in [-0.2, 0) is 6.54 Å². The fraction of sp³-hybridized carbons (Fsp3) is 0.154. The first-order valence-electron chi connectivity index (χ1n) is 5.32. The molecule has 0 aliphatic carbocycles. The summed E-state index contributed by atoms with van der Waals surface area (Å²) in [6, 6.07) is 6.12. The zero-order valence-electron chi connectivity index (χ0n) is 9.65. The lowest BCUT2D eigenvalue weighted by atomic mass is 10.2. The van der Waals surface area contributed by atoms with E-state index >= 15 is 0 Å². The molecule has 1 aromatic carbocycles. The van der Waals surface area contributed by atoms with Crippen molar-refractivity contribution in [2.75, 3.05) is 0 Å². The fourth-order valence-corrected chi connectivity index (χ4v) is 2.31. The van der Waals surface area contributed by atoms with E-state index in [1.54, 1.807) is 29.8 Å². The molecule has 0 aliphatic heterocycles. The van der Waals surface area contributed by atoms with E-state index in [1.807, 2.05) is 0 Å². The Bertz CT molecular complexity index is 607. The van der Waals surface area contributed by atoms with E-state index < -0.39 is 5.97 Å². The van der Waals surface area contributed by atoms with Gasteiger partial charge >= 0.3 is 5.97 Å². The number of hydrogen-bond donors (Lipinski definition) is 1. The molecule has 0 radical (unpaired) electrons. The van der Waals surface area contributed by atoms with Crippen molar-refractivity contribution in [2.45, 2.75) is 13.5 Å². The minimum atomic E-state index is -0.962. The molecule has 3 nitrogen and oxygen atoms in total. The second-order valence-electron chi connectivity index (χ2n) is 4.02. The van der Waals surface area contributed by atoms with Crippen LogP contribution in [0.1, 0.15) is 21.6 Å². The molecule has 5 heteroatoms. The Morgan fingerprint density at radius 1 is 1.44 bits per heavy atom. The van der Waals surface area contributed by atoms with Gasteiger partial charge in [-0.05, 0) is 36.2 Å². The van der Waals surface area contributed by atoms with Crippen LogP contribution in [0.15, 0.2) is 34.9 Å². The number of aromatic carboxylic acids is 1. The number of carbonyl (C=O) groups is 1. The van der Waals surface area contributed by atoms with Gasteiger partial charge in [-0.15, -0.1) is 0 Å². The van der Waals surface area contributed by atoms with E-state index in [0.717, 1.165) is 5.56 Å². The summed E-state index contributed by atoms with van der Waals surface area (Å²) in [6.45, 7) is 2.13. The van der Waals surface area contributed by atoms with E-state index in [2.05, 4.69) is 15.9 Å². The van der Waals surface area contributed by atoms with Crippen molar-refractivity contribution in [1.29, 1.82) is 0 Å². The van der Waals surface area contributed by atoms with Gasteiger partial charge in [0.15, 0.2) is 0 Å². The summed E-state index contributed by atoms with van der Waals surface area (Å²) in [5.41, 5.74) is 1.79. The van der Waals surface area contributed by atoms with Crippen molar-refractivity contribution >= 4 is 21.9 Å². The SMILES string of the molecule is Cc1ccn(Cc2ccc(F)cc2Br)c1C(=O)O. The topological polar surface area (TPSA) is 42.2 Å². The summed E-state index contributed by atoms with van der Waals surface area (Å²) in [4.78, 5) is 11.1. The van der Waals surface area contributed by atoms with Gasteiger partial charge in [0.2, 0.25) is 0 Å². The van der Waals surface area contributed by atoms with Crippen LogP contribution in [-0.4, -0.2) is 15.6 Å². The van der Waals surface area contributed by atoms with Crippen molar-refractivity contribution in [2.24, 2.45) is 0 Å². The third kappa shape index (κ3) is 2.46. The highest BCUT2D eigenvalue weighted by Gasteiger charge is 2.14. The van der Waals surface area contributed by atoms with Crippen LogP contribution in [0.2, 0.25) is 0 Å². The molecule has 2 rings (SSSR count). The third-order valence-electron chi connectivity index (χ3n) is 2.72. The first-order valence-corrected chi connectivity index (χ1v) is 6.11. The Hall–Kier alpha value is -1.62. The van der Waals surface area contributed by atoms with Gasteiger partial charge in [0, 0.05) is 17.2 Å². The molecule has 1 aromatic heterocycles. The number of rotatable bonds is 3. The molecule has 1 heterocycles. The molecular weight excluding hydrogens is 301 g/mol. The van der Waals surface area contributed by atoms with Crippen LogP contribution in [0.3, 0.4) is 0 Å². The highest BCUT2D eigenvalue weighted by atomic mass is 79.9. The average Bonchev–Trinajstić information content (AvgIpc) is 2.64. The molecule has 94 valence electrons. The van der Waals surface area contributed by atoms with Gasteiger partial charge in [-0.2, -0.15) is 0 Å². The second-order valence-corrected chi connectivity index (χ2v) is 4.87. The predicted molar refractivity (Wildman–Crippen MR) is 69.3 cm³/mol. The standard InChI is InChI=1S/C13H11BrFNO2/c1-8-4-5-16(12(8)13(17)18)7-9-2-3-10(15)6-11(9)14/h2-6H,7H2,1H3,(H,17,18). The van der Waals surface area contributed by atoms with Crippen LogP contribution < -0.4 is 0 Å². The molecule has 0 bridgehead atoms. The van der Waals surface area contributed by atoms with Crippen LogP contribution in [0.25, 0.3) is 0 Å². The number of aromatic nitrogens is 1. The molecule has 0 atom stereocenters. The molecule has 2 aromatic rings. The largest absolute Gasteiger partial charge is 0.477 e. The quantitative estimate of drug-likeness (QED) is 0.943. The third-order valence-corrected chi connectivity index (χ3v) is 3.46. The van der Waals surface area contributed by atoms with Gasteiger partial charge in [-0.3, -0.25) is 0 Å². The lowest BCUT2D eigenvalue weighted by Crippen LogP contribution is -2.10. The maximum Gasteiger partial charge on any atom is 0.352 e. The first kappa shape index (κ1) is 12.8. The van der Waals surface area contributed by atoms with Crippen molar-refractivity contribution < 1.29 is 14.3 Å². The summed E-state index contributed by atoms with van der Waals surface area (Å²) in [5, 5.41) is 9.13. The molecule has 0 saturated heterocycles. The smallest absolute Gasteiger partial charge is 0.352 e. The summed E-state index contributed by atoms with van der Waals surface area (Å²) in [7, 11) is 0. The molecule has 0 amide bonds. The van der Waals surface area contributed by atoms with Crippen LogP contribution in [0.5, 0.6) is 0 Å². The number of halogens is 2. The Balaban J connectivity index is 2.37. The second kappa shape index (κ2) is 4.94. The number of aryl methyl sites for hydroxylation is 1. The van der Waals surface area contributed by atoms with E-state index in [1.165, 1.54) is 12.1 Å². The number of benzene rings is 1. The van der Waals surface area contributed by atoms with Crippen LogP contribution in [0, 0.1) is 12.7 Å². The van der Waals surface area contributed by atoms with Crippen molar-refractivity contribution in [3.63, 3.8) is 0 Å². The van der Waals surface area contributed by atoms with Gasteiger partial charge in [0.05, 0.1) is 0 Å². The Morgan fingerprint density at radius 3 is 2.78 bits per heavy atom. The van der Waals surface area contributed by atoms with Gasteiger partial charge in [-0.1, -0.05) is 22.0 Å². The van der Waals surface area contributed by atoms with E-state index in [-0.39, 0.29) is 11.5 Å². The molecule has 0 fully saturated rings. The minimum Gasteiger partial charge on any atom is -0.477 e. The van der Waals surface area contributed by atoms with Gasteiger partial charge in [0.1, 0.15) is 11.5 Å². The van der Waals surface area contributed by atoms with Crippen molar-refractivity contribution in [1.82, 2.24) is 4.57 Å². The Morgan fingerprint density at radius 2 is 2.17 bits per heavy atom. The lowest BCUT2D eigenvalue weighted by Gasteiger charge is -2.09. The number of carboxylic acid groups (broad SMARTS) is 1. The van der Waals surface area contributed by atoms with Crippen LogP contribution >= 0.6 is 15.9 Å². The molecule has 0 saturated carbocycles. The predicted octanol–water partition coefficient (Wildman–Crippen LogP) is 3.44. The van der Waals surface area contributed by atoms with E-state index in [4.69, 9.17) is 5.11 Å². The molecule has 0 unspecified atom stereocenters. The lowest BCUT2D eigenvalue weighted by molar-refractivity contribution is 0.0685. The zero-order valence-corrected chi connectivity index (χ0v) is 11.2. The summed E-state index contributed by atoms with van der Waals surface area (Å²) < 4.78 is 15.2. The van der Waals surface area contributed by atoms with E-state index in [0.29, 0.717) is 16.6 Å². The summed E-state index contributed by atoms with van der Waals surface area (Å²) >= 11 is 3.27. The normalized spacial score (nSPS) is 10.6. The highest BCUT2D eigenvalue weighted by Crippen LogP contribution is 2.21. The van der Waals surface area contributed by atoms with E-state index in [9.17, 15) is 9.18 Å². The van der Waals surface area contributed by atoms with Crippen molar-refractivity contribution in [3.05, 3.63) is 57.6 Å². The Labute approximate surface area is 112 Å². The maximum atomic E-state index is 13.0. The number of hydrogen-bond acceptors (Lipinski definition) is 1. The molecular formula is C13H11BrFNO2. The summed E-state index contributed by atoms with van der Waals surface area (Å²) in [5.74, 6) is -1.29. The van der Waals surface area contributed by atoms with Crippen molar-refractivity contribution in [3.8, 4) is 0 Å². The summed E-state index contributed by atoms with van der Waals surface area (Å²) in [6.07, 6.45) is 1.72. The average molecular weight is 312 g/mol. The zero-order chi connectivity index (χ0) is 13.3. The number of nitrogens with zero attached hydrogens (tertiary/aromatic N) is 1. The molecule has 18 heavy (non-hydrogen) atoms. The first-order chi connectivity index (χ1) is 8.49. The maximum absolute atomic E-state index is 13.0. The number of carboxylic acids is 1. The molecule has 0 spiro atoms. The van der Waals surface area contributed by atoms with Gasteiger partial charge in [-0.25, -0.2) is 9.18 Å². The molecule has 0 aliphatic rings.